The van der Waals surface area contributed by atoms with Gasteiger partial charge < -0.3 is 20.7 Å². The largest absolute Gasteiger partial charge is 0.396 e. The van der Waals surface area contributed by atoms with Gasteiger partial charge in [-0.05, 0) is 6.07 Å². The highest BCUT2D eigenvalue weighted by molar-refractivity contribution is 5.36. The van der Waals surface area contributed by atoms with Gasteiger partial charge in [0.1, 0.15) is 12.3 Å². The highest BCUT2D eigenvalue weighted by atomic mass is 19.1. The van der Waals surface area contributed by atoms with E-state index < -0.39 is 29.8 Å². The van der Waals surface area contributed by atoms with Crippen LogP contribution in [0, 0.1) is 5.82 Å². The molecular weight excluding hydrogens is 231 g/mol. The van der Waals surface area contributed by atoms with Crippen molar-refractivity contribution in [3.8, 4) is 0 Å². The highest BCUT2D eigenvalue weighted by Gasteiger charge is 2.35. The molecule has 1 aromatic heterocycles. The zero-order valence-corrected chi connectivity index (χ0v) is 8.91. The van der Waals surface area contributed by atoms with Gasteiger partial charge in [-0.25, -0.2) is 0 Å². The van der Waals surface area contributed by atoms with Gasteiger partial charge in [-0.15, -0.1) is 0 Å². The monoisotopic (exact) mass is 244 g/mol. The van der Waals surface area contributed by atoms with Crippen LogP contribution in [-0.2, 0) is 4.74 Å². The van der Waals surface area contributed by atoms with E-state index in [-0.39, 0.29) is 18.7 Å². The van der Waals surface area contributed by atoms with E-state index in [1.165, 1.54) is 12.3 Å². The molecule has 1 fully saturated rings. The van der Waals surface area contributed by atoms with Gasteiger partial charge in [0, 0.05) is 12.6 Å². The summed E-state index contributed by atoms with van der Waals surface area (Å²) in [5.74, 6) is -1.04. The van der Waals surface area contributed by atoms with Crippen molar-refractivity contribution in [3.05, 3.63) is 28.4 Å². The van der Waals surface area contributed by atoms with Crippen LogP contribution < -0.4 is 11.3 Å². The topological polar surface area (TPSA) is 97.7 Å². The molecule has 0 amide bonds. The van der Waals surface area contributed by atoms with Crippen LogP contribution in [0.5, 0.6) is 0 Å². The second-order valence-corrected chi connectivity index (χ2v) is 3.91. The molecule has 1 aromatic rings. The van der Waals surface area contributed by atoms with Crippen molar-refractivity contribution in [1.29, 1.82) is 0 Å². The fourth-order valence-corrected chi connectivity index (χ4v) is 1.82. The summed E-state index contributed by atoms with van der Waals surface area (Å²) in [6.45, 7) is -0.357. The van der Waals surface area contributed by atoms with Crippen LogP contribution in [0.1, 0.15) is 12.6 Å². The third-order valence-electron chi connectivity index (χ3n) is 2.78. The third kappa shape index (κ3) is 2.04. The maximum absolute atomic E-state index is 13.3. The molecular formula is C10H13FN2O4. The van der Waals surface area contributed by atoms with Gasteiger partial charge in [-0.1, -0.05) is 0 Å². The number of nitrogens with two attached hydrogens (primary N) is 1. The van der Waals surface area contributed by atoms with Crippen molar-refractivity contribution in [3.63, 3.8) is 0 Å². The van der Waals surface area contributed by atoms with Crippen LogP contribution >= 0.6 is 0 Å². The van der Waals surface area contributed by atoms with Crippen molar-refractivity contribution in [2.24, 2.45) is 0 Å². The van der Waals surface area contributed by atoms with Crippen molar-refractivity contribution < 1.29 is 19.3 Å². The molecule has 0 radical (unpaired) electrons. The molecule has 6 nitrogen and oxygen atoms in total. The fraction of sp³-hybridized carbons (Fsp3) is 0.500. The zero-order chi connectivity index (χ0) is 12.6. The first-order valence-corrected chi connectivity index (χ1v) is 5.15. The van der Waals surface area contributed by atoms with Gasteiger partial charge in [0.05, 0.1) is 18.4 Å². The first kappa shape index (κ1) is 12.0. The number of ether oxygens (including phenoxy) is 1. The third-order valence-corrected chi connectivity index (χ3v) is 2.78. The summed E-state index contributed by atoms with van der Waals surface area (Å²) in [4.78, 5) is 11.6. The standard InChI is InChI=1S/C10H13FN2O4/c11-9-5(12)1-2-13(10(9)16)8-3-6(15)7(4-14)17-8/h1-2,6-8,14-15H,3-4,12H2/t6-,7+,8+/m0/s1. The lowest BCUT2D eigenvalue weighted by Gasteiger charge is -2.15. The Hall–Kier alpha value is -1.44. The van der Waals surface area contributed by atoms with Crippen molar-refractivity contribution in [2.45, 2.75) is 24.9 Å². The summed E-state index contributed by atoms with van der Waals surface area (Å²) in [5.41, 5.74) is 4.12. The number of aliphatic hydroxyl groups excluding tert-OH is 2. The Labute approximate surface area is 96.0 Å². The van der Waals surface area contributed by atoms with Crippen LogP contribution in [0.3, 0.4) is 0 Å². The molecule has 1 aliphatic heterocycles. The van der Waals surface area contributed by atoms with E-state index in [0.29, 0.717) is 0 Å². The molecule has 2 heterocycles. The van der Waals surface area contributed by atoms with E-state index in [2.05, 4.69) is 0 Å². The lowest BCUT2D eigenvalue weighted by molar-refractivity contribution is -0.0457. The SMILES string of the molecule is Nc1ccn([C@H]2C[C@H](O)[C@@H](CO)O2)c(=O)c1F. The van der Waals surface area contributed by atoms with E-state index in [4.69, 9.17) is 15.6 Å². The molecule has 3 atom stereocenters. The van der Waals surface area contributed by atoms with Crippen LogP contribution in [0.4, 0.5) is 10.1 Å². The lowest BCUT2D eigenvalue weighted by Crippen LogP contribution is -2.28. The van der Waals surface area contributed by atoms with Gasteiger partial charge >= 0.3 is 0 Å². The Bertz CT molecular complexity index is 476. The number of aromatic nitrogens is 1. The van der Waals surface area contributed by atoms with E-state index >= 15 is 0 Å². The molecule has 4 N–H and O–H groups in total. The molecule has 2 rings (SSSR count). The quantitative estimate of drug-likeness (QED) is 0.633. The van der Waals surface area contributed by atoms with Crippen molar-refractivity contribution >= 4 is 5.69 Å². The normalized spacial score (nSPS) is 28.5. The first-order valence-electron chi connectivity index (χ1n) is 5.15. The number of hydrogen-bond acceptors (Lipinski definition) is 5. The maximum Gasteiger partial charge on any atom is 0.290 e. The summed E-state index contributed by atoms with van der Waals surface area (Å²) < 4.78 is 19.6. The summed E-state index contributed by atoms with van der Waals surface area (Å²) in [7, 11) is 0. The van der Waals surface area contributed by atoms with Crippen molar-refractivity contribution in [1.82, 2.24) is 4.57 Å². The Morgan fingerprint density at radius 2 is 2.35 bits per heavy atom. The second kappa shape index (κ2) is 4.44. The Kier molecular flexibility index (Phi) is 3.14. The van der Waals surface area contributed by atoms with Gasteiger partial charge in [0.2, 0.25) is 5.82 Å². The summed E-state index contributed by atoms with van der Waals surface area (Å²) in [6, 6.07) is 1.25. The molecule has 0 bridgehead atoms. The Balaban J connectivity index is 2.31. The number of nitrogens with zero attached hydrogens (tertiary/aromatic N) is 1. The number of aliphatic hydroxyl groups is 2. The number of anilines is 1. The molecule has 94 valence electrons. The lowest BCUT2D eigenvalue weighted by atomic mass is 10.2. The average molecular weight is 244 g/mol. The molecule has 0 spiro atoms. The predicted molar refractivity (Wildman–Crippen MR) is 56.7 cm³/mol. The average Bonchev–Trinajstić information content (AvgIpc) is 2.67. The van der Waals surface area contributed by atoms with Gasteiger partial charge in [-0.3, -0.25) is 9.36 Å². The molecule has 1 aliphatic rings. The summed E-state index contributed by atoms with van der Waals surface area (Å²) in [5, 5.41) is 18.4. The number of nitrogen functional groups attached to an aromatic ring is 1. The second-order valence-electron chi connectivity index (χ2n) is 3.91. The molecule has 0 saturated carbocycles. The first-order chi connectivity index (χ1) is 8.04. The Morgan fingerprint density at radius 3 is 2.94 bits per heavy atom. The van der Waals surface area contributed by atoms with Gasteiger partial charge in [0.15, 0.2) is 0 Å². The molecule has 0 aliphatic carbocycles. The van der Waals surface area contributed by atoms with Crippen molar-refractivity contribution in [2.75, 3.05) is 12.3 Å². The minimum Gasteiger partial charge on any atom is -0.396 e. The predicted octanol–water partition coefficient (Wildman–Crippen LogP) is -0.790. The summed E-state index contributed by atoms with van der Waals surface area (Å²) >= 11 is 0. The molecule has 1 saturated heterocycles. The van der Waals surface area contributed by atoms with Crippen LogP contribution in [0.15, 0.2) is 17.1 Å². The fourth-order valence-electron chi connectivity index (χ4n) is 1.82. The molecule has 0 aromatic carbocycles. The van der Waals surface area contributed by atoms with E-state index in [1.54, 1.807) is 0 Å². The van der Waals surface area contributed by atoms with E-state index in [1.807, 2.05) is 0 Å². The van der Waals surface area contributed by atoms with Crippen LogP contribution in [-0.4, -0.2) is 33.6 Å². The number of hydrogen-bond donors (Lipinski definition) is 3. The Morgan fingerprint density at radius 1 is 1.65 bits per heavy atom. The minimum atomic E-state index is -1.04. The molecule has 17 heavy (non-hydrogen) atoms. The number of rotatable bonds is 2. The highest BCUT2D eigenvalue weighted by Crippen LogP contribution is 2.27. The molecule has 0 unspecified atom stereocenters. The zero-order valence-electron chi connectivity index (χ0n) is 8.91. The molecule has 7 heteroatoms. The van der Waals surface area contributed by atoms with E-state index in [9.17, 15) is 14.3 Å². The minimum absolute atomic E-state index is 0.120. The van der Waals surface area contributed by atoms with Crippen LogP contribution in [0.25, 0.3) is 0 Å². The van der Waals surface area contributed by atoms with Gasteiger partial charge in [0.25, 0.3) is 5.56 Å². The van der Waals surface area contributed by atoms with E-state index in [0.717, 1.165) is 4.57 Å². The number of pyridine rings is 1. The number of halogens is 1. The smallest absolute Gasteiger partial charge is 0.290 e. The maximum atomic E-state index is 13.3. The summed E-state index contributed by atoms with van der Waals surface area (Å²) in [6.07, 6.45) is -0.999. The van der Waals surface area contributed by atoms with Gasteiger partial charge in [-0.2, -0.15) is 4.39 Å². The van der Waals surface area contributed by atoms with Crippen LogP contribution in [0.2, 0.25) is 0 Å².